The number of carbonyl (C=O) groups excluding carboxylic acids is 3. The van der Waals surface area contributed by atoms with Crippen LogP contribution in [0, 0.1) is 0 Å². The Labute approximate surface area is 200 Å². The van der Waals surface area contributed by atoms with Gasteiger partial charge in [0.15, 0.2) is 12.2 Å². The number of fused-ring (bicyclic) bond motifs is 1. The fourth-order valence-corrected chi connectivity index (χ4v) is 4.30. The zero-order valence-electron chi connectivity index (χ0n) is 18.8. The summed E-state index contributed by atoms with van der Waals surface area (Å²) in [5, 5.41) is 14.9. The number of nitrogens with one attached hydrogen (secondary N) is 2. The zero-order chi connectivity index (χ0) is 24.5. The van der Waals surface area contributed by atoms with Gasteiger partial charge in [-0.3, -0.25) is 14.4 Å². The number of ether oxygens (including phenoxy) is 2. The molecule has 0 spiro atoms. The number of aromatic amines is 1. The average molecular weight is 479 g/mol. The second-order valence-corrected chi connectivity index (χ2v) is 8.34. The molecule has 35 heavy (non-hydrogen) atoms. The largest absolute Gasteiger partial charge is 0.385 e. The average Bonchev–Trinajstić information content (AvgIpc) is 3.24. The van der Waals surface area contributed by atoms with Crippen molar-refractivity contribution in [2.45, 2.75) is 12.2 Å². The van der Waals surface area contributed by atoms with E-state index >= 15 is 0 Å². The maximum Gasteiger partial charge on any atom is 0.259 e. The predicted octanol–water partition coefficient (Wildman–Crippen LogP) is 0.845. The van der Waals surface area contributed by atoms with Crippen LogP contribution < -0.4 is 20.9 Å². The fraction of sp³-hybridized carbons (Fsp3) is 0.292. The number of carbonyl (C=O) groups is 3. The first-order valence-electron chi connectivity index (χ1n) is 11.2. The van der Waals surface area contributed by atoms with Gasteiger partial charge in [-0.15, -0.1) is 0 Å². The van der Waals surface area contributed by atoms with Crippen LogP contribution >= 0.6 is 0 Å². The first-order chi connectivity index (χ1) is 16.9. The molecule has 3 aromatic rings. The van der Waals surface area contributed by atoms with Crippen molar-refractivity contribution in [2.75, 3.05) is 53.8 Å². The predicted molar refractivity (Wildman–Crippen MR) is 129 cm³/mol. The summed E-state index contributed by atoms with van der Waals surface area (Å²) in [5.74, 6) is -0.951. The lowest BCUT2D eigenvalue weighted by molar-refractivity contribution is -0.150. The number of aliphatic hydroxyl groups excluding tert-OH is 1. The van der Waals surface area contributed by atoms with Crippen LogP contribution in [0.1, 0.15) is 0 Å². The summed E-state index contributed by atoms with van der Waals surface area (Å²) in [6.07, 6.45) is -1.38. The summed E-state index contributed by atoms with van der Waals surface area (Å²) in [5.41, 5.74) is 7.48. The molecule has 2 aliphatic rings. The molecule has 11 nitrogen and oxygen atoms in total. The molecule has 2 fully saturated rings. The Morgan fingerprint density at radius 1 is 1.11 bits per heavy atom. The van der Waals surface area contributed by atoms with E-state index in [0.29, 0.717) is 36.0 Å². The highest BCUT2D eigenvalue weighted by Gasteiger charge is 2.39. The fourth-order valence-electron chi connectivity index (χ4n) is 4.30. The van der Waals surface area contributed by atoms with Crippen molar-refractivity contribution < 1.29 is 29.0 Å². The van der Waals surface area contributed by atoms with Gasteiger partial charge in [0.05, 0.1) is 13.2 Å². The van der Waals surface area contributed by atoms with Crippen molar-refractivity contribution in [1.82, 2.24) is 4.98 Å². The molecule has 0 bridgehead atoms. The number of hydrogen-bond acceptors (Lipinski definition) is 7. The van der Waals surface area contributed by atoms with Crippen LogP contribution in [0.4, 0.5) is 22.9 Å². The van der Waals surface area contributed by atoms with Gasteiger partial charge in [-0.2, -0.15) is 0 Å². The number of anilines is 4. The zero-order valence-corrected chi connectivity index (χ0v) is 18.8. The molecule has 5 N–H and O–H groups in total. The van der Waals surface area contributed by atoms with Crippen molar-refractivity contribution in [2.24, 2.45) is 0 Å². The Morgan fingerprint density at radius 3 is 2.69 bits per heavy atom. The Balaban J connectivity index is 1.30. The van der Waals surface area contributed by atoms with Crippen LogP contribution in [0.25, 0.3) is 10.8 Å². The highest BCUT2D eigenvalue weighted by molar-refractivity contribution is 6.05. The summed E-state index contributed by atoms with van der Waals surface area (Å²) in [7, 11) is 0. The van der Waals surface area contributed by atoms with Crippen LogP contribution in [0.15, 0.2) is 48.7 Å². The molecule has 2 aromatic carbocycles. The molecule has 5 rings (SSSR count). The first kappa shape index (κ1) is 22.8. The van der Waals surface area contributed by atoms with E-state index in [9.17, 15) is 19.5 Å². The summed E-state index contributed by atoms with van der Waals surface area (Å²) < 4.78 is 10.7. The van der Waals surface area contributed by atoms with Gasteiger partial charge in [-0.25, -0.2) is 0 Å². The lowest BCUT2D eigenvalue weighted by Crippen LogP contribution is -2.55. The molecule has 0 unspecified atom stereocenters. The molecule has 182 valence electrons. The first-order valence-corrected chi connectivity index (χ1v) is 11.2. The second kappa shape index (κ2) is 9.37. The van der Waals surface area contributed by atoms with Crippen LogP contribution in [0.5, 0.6) is 0 Å². The maximum absolute atomic E-state index is 13.2. The summed E-state index contributed by atoms with van der Waals surface area (Å²) in [6, 6.07) is 12.1. The Kier molecular flexibility index (Phi) is 6.12. The number of aromatic nitrogens is 1. The van der Waals surface area contributed by atoms with Crippen molar-refractivity contribution in [3.05, 3.63) is 48.7 Å². The molecule has 1 aromatic heterocycles. The minimum absolute atomic E-state index is 0.00843. The molecular weight excluding hydrogens is 454 g/mol. The number of nitrogens with two attached hydrogens (primary N) is 1. The molecule has 2 atom stereocenters. The maximum atomic E-state index is 13.2. The topological polar surface area (TPSA) is 150 Å². The molecule has 0 saturated carbocycles. The van der Waals surface area contributed by atoms with E-state index in [1.165, 1.54) is 4.90 Å². The normalized spacial score (nSPS) is 19.7. The second-order valence-electron chi connectivity index (χ2n) is 8.34. The van der Waals surface area contributed by atoms with Gasteiger partial charge in [0.2, 0.25) is 0 Å². The Morgan fingerprint density at radius 2 is 1.89 bits per heavy atom. The Bertz CT molecular complexity index is 1290. The van der Waals surface area contributed by atoms with Crippen molar-refractivity contribution in [3.63, 3.8) is 0 Å². The van der Waals surface area contributed by atoms with E-state index in [2.05, 4.69) is 10.3 Å². The molecule has 2 saturated heterocycles. The van der Waals surface area contributed by atoms with Crippen LogP contribution in [-0.2, 0) is 23.9 Å². The number of nitrogen functional groups attached to an aromatic ring is 1. The molecule has 0 radical (unpaired) electrons. The van der Waals surface area contributed by atoms with Gasteiger partial charge in [0.1, 0.15) is 12.4 Å². The summed E-state index contributed by atoms with van der Waals surface area (Å²) in [4.78, 5) is 44.1. The SMILES string of the molecule is Nc1[nH]cc2cc(NC(=O)[C@H](O)[C@H]3OCCN(c4cccc(N5CCOCC5=O)c4)C3=O)ccc12. The van der Waals surface area contributed by atoms with E-state index in [-0.39, 0.29) is 25.7 Å². The van der Waals surface area contributed by atoms with Crippen LogP contribution in [0.3, 0.4) is 0 Å². The third-order valence-electron chi connectivity index (χ3n) is 6.11. The van der Waals surface area contributed by atoms with Gasteiger partial charge in [-0.1, -0.05) is 6.07 Å². The number of morpholine rings is 2. The Hall–Kier alpha value is -3.93. The summed E-state index contributed by atoms with van der Waals surface area (Å²) in [6.45, 7) is 1.24. The van der Waals surface area contributed by atoms with Crippen molar-refractivity contribution in [3.8, 4) is 0 Å². The minimum Gasteiger partial charge on any atom is -0.385 e. The van der Waals surface area contributed by atoms with E-state index in [0.717, 1.165) is 10.8 Å². The van der Waals surface area contributed by atoms with E-state index in [4.69, 9.17) is 15.2 Å². The molecule has 3 amide bonds. The molecule has 11 heteroatoms. The van der Waals surface area contributed by atoms with Crippen LogP contribution in [0.2, 0.25) is 0 Å². The number of hydrogen-bond donors (Lipinski definition) is 4. The lowest BCUT2D eigenvalue weighted by Gasteiger charge is -2.35. The lowest BCUT2D eigenvalue weighted by atomic mass is 10.1. The number of rotatable bonds is 5. The summed E-state index contributed by atoms with van der Waals surface area (Å²) >= 11 is 0. The van der Waals surface area contributed by atoms with E-state index < -0.39 is 24.0 Å². The van der Waals surface area contributed by atoms with Gasteiger partial charge in [0.25, 0.3) is 17.7 Å². The number of aliphatic hydroxyl groups is 1. The monoisotopic (exact) mass is 479 g/mol. The molecule has 0 aliphatic carbocycles. The van der Waals surface area contributed by atoms with Crippen LogP contribution in [-0.4, -0.2) is 72.9 Å². The van der Waals surface area contributed by atoms with Crippen molar-refractivity contribution in [1.29, 1.82) is 0 Å². The van der Waals surface area contributed by atoms with Gasteiger partial charge < -0.3 is 40.4 Å². The van der Waals surface area contributed by atoms with E-state index in [1.807, 2.05) is 0 Å². The van der Waals surface area contributed by atoms with E-state index in [1.54, 1.807) is 53.6 Å². The quantitative estimate of drug-likeness (QED) is 0.424. The van der Waals surface area contributed by atoms with Crippen molar-refractivity contribution >= 4 is 51.4 Å². The highest BCUT2D eigenvalue weighted by atomic mass is 16.5. The minimum atomic E-state index is -1.72. The highest BCUT2D eigenvalue weighted by Crippen LogP contribution is 2.27. The molecular formula is C24H25N5O6. The van der Waals surface area contributed by atoms with Gasteiger partial charge >= 0.3 is 0 Å². The third-order valence-corrected chi connectivity index (χ3v) is 6.11. The third kappa shape index (κ3) is 4.44. The number of amides is 3. The standard InChI is InChI=1S/C24H25N5O6/c25-22-18-5-4-15(10-14(18)12-26-22)27-23(32)20(31)21-24(33)29(7-9-35-21)17-3-1-2-16(11-17)28-6-8-34-13-19(28)30/h1-5,10-12,20-21,26,31H,6-9,13,25H2,(H,27,32)/t20-,21-/m1/s1. The number of nitrogens with zero attached hydrogens (tertiary/aromatic N) is 2. The van der Waals surface area contributed by atoms with Gasteiger partial charge in [-0.05, 0) is 36.4 Å². The molecule has 3 heterocycles. The molecule has 2 aliphatic heterocycles. The smallest absolute Gasteiger partial charge is 0.259 e. The number of benzene rings is 2. The van der Waals surface area contributed by atoms with Gasteiger partial charge in [0, 0.05) is 47.1 Å². The number of H-pyrrole nitrogens is 1.